The number of methoxy groups -OCH3 is 2. The Morgan fingerprint density at radius 2 is 1.57 bits per heavy atom. The summed E-state index contributed by atoms with van der Waals surface area (Å²) < 4.78 is 131. The van der Waals surface area contributed by atoms with E-state index in [1.54, 1.807) is 11.9 Å². The average Bonchev–Trinajstić information content (AvgIpc) is 3.74. The van der Waals surface area contributed by atoms with Gasteiger partial charge in [-0.3, -0.25) is 19.4 Å². The molecule has 344 valence electrons. The van der Waals surface area contributed by atoms with E-state index in [9.17, 15) is 45.8 Å². The minimum Gasteiger partial charge on any atom is -0.509 e. The first-order chi connectivity index (χ1) is 29.7. The first kappa shape index (κ1) is 48.6. The maximum Gasteiger partial charge on any atom is 0.433 e. The number of nitrogens with one attached hydrogen (secondary N) is 1. The average molecular weight is 902 g/mol. The van der Waals surface area contributed by atoms with Crippen LogP contribution in [0.3, 0.4) is 0 Å². The molecule has 2 aliphatic rings. The highest BCUT2D eigenvalue weighted by molar-refractivity contribution is 6.24. The molecule has 3 amide bonds. The predicted octanol–water partition coefficient (Wildman–Crippen LogP) is 6.48. The zero-order valence-corrected chi connectivity index (χ0v) is 35.1. The standard InChI is InChI=1S/C41H47F8N7O7/c1-53(14-17-62-5)15-18-63-34-27(37(59)54(2)13-8-16-61-4)19-24(32(42)33(34)43)22-56-38(60)31(35(57)39(55(56)3)11-6-7-12-39)36(58)52-28-10-9-25(40(44,45)46)20-26(28)29-21-30(41(47,48)49)51-23-50-29/h9-10,19-21,23,57H,6-8,11-18,22H2,1-5H3,(H,52,58). The van der Waals surface area contributed by atoms with Gasteiger partial charge in [-0.15, -0.1) is 0 Å². The number of aliphatic hydroxyl groups is 1. The molecule has 5 rings (SSSR count). The summed E-state index contributed by atoms with van der Waals surface area (Å²) in [5, 5.41) is 16.1. The molecular weight excluding hydrogens is 854 g/mol. The third kappa shape index (κ3) is 10.7. The Balaban J connectivity index is 1.55. The number of rotatable bonds is 17. The summed E-state index contributed by atoms with van der Waals surface area (Å²) in [5.74, 6) is -7.82. The molecule has 0 saturated heterocycles. The van der Waals surface area contributed by atoms with Crippen molar-refractivity contribution < 1.29 is 68.8 Å². The van der Waals surface area contributed by atoms with Gasteiger partial charge in [0.05, 0.1) is 41.2 Å². The van der Waals surface area contributed by atoms with E-state index in [-0.39, 0.29) is 38.1 Å². The molecule has 2 heterocycles. The predicted molar refractivity (Wildman–Crippen MR) is 210 cm³/mol. The number of carbonyl (C=O) groups excluding carboxylic acids is 3. The van der Waals surface area contributed by atoms with Gasteiger partial charge in [-0.1, -0.05) is 12.8 Å². The third-order valence-electron chi connectivity index (χ3n) is 11.0. The number of carbonyl (C=O) groups is 3. The number of aliphatic hydroxyl groups excluding tert-OH is 1. The van der Waals surface area contributed by atoms with Crippen LogP contribution in [0.1, 0.15) is 59.3 Å². The maximum absolute atomic E-state index is 16.2. The summed E-state index contributed by atoms with van der Waals surface area (Å²) in [6.07, 6.45) is -7.87. The number of likely N-dealkylation sites (N-methyl/N-ethyl adjacent to an activating group) is 2. The molecule has 1 aliphatic heterocycles. The van der Waals surface area contributed by atoms with Gasteiger partial charge in [0.25, 0.3) is 17.7 Å². The molecular formula is C41H47F8N7O7. The van der Waals surface area contributed by atoms with Crippen LogP contribution in [0, 0.1) is 11.6 Å². The van der Waals surface area contributed by atoms with Crippen LogP contribution in [0.15, 0.2) is 48.0 Å². The molecule has 1 aliphatic carbocycles. The second-order valence-electron chi connectivity index (χ2n) is 15.1. The van der Waals surface area contributed by atoms with E-state index in [2.05, 4.69) is 15.3 Å². The van der Waals surface area contributed by atoms with Crippen LogP contribution in [0.5, 0.6) is 5.75 Å². The number of halogens is 8. The van der Waals surface area contributed by atoms with Gasteiger partial charge >= 0.3 is 12.4 Å². The Bertz CT molecular complexity index is 2200. The van der Waals surface area contributed by atoms with Gasteiger partial charge in [0.15, 0.2) is 11.6 Å². The van der Waals surface area contributed by atoms with Gasteiger partial charge < -0.3 is 34.4 Å². The van der Waals surface area contributed by atoms with Gasteiger partial charge in [0.1, 0.15) is 30.0 Å². The Hall–Kier alpha value is -5.45. The number of anilines is 1. The van der Waals surface area contributed by atoms with Crippen LogP contribution in [0.4, 0.5) is 40.8 Å². The Labute approximate surface area is 357 Å². The number of hydrogen-bond donors (Lipinski definition) is 2. The van der Waals surface area contributed by atoms with Crippen LogP contribution in [0.2, 0.25) is 0 Å². The van der Waals surface area contributed by atoms with E-state index < -0.39 is 105 Å². The molecule has 63 heavy (non-hydrogen) atoms. The highest BCUT2D eigenvalue weighted by Gasteiger charge is 2.53. The normalized spacial score (nSPS) is 15.8. The molecule has 14 nitrogen and oxygen atoms in total. The van der Waals surface area contributed by atoms with Crippen LogP contribution in [-0.4, -0.2) is 133 Å². The Morgan fingerprint density at radius 1 is 0.905 bits per heavy atom. The van der Waals surface area contributed by atoms with Crippen LogP contribution < -0.4 is 10.1 Å². The summed E-state index contributed by atoms with van der Waals surface area (Å²) >= 11 is 0. The lowest BCUT2D eigenvalue weighted by molar-refractivity contribution is -0.163. The first-order valence-electron chi connectivity index (χ1n) is 19.6. The minimum atomic E-state index is -5.02. The largest absolute Gasteiger partial charge is 0.509 e. The highest BCUT2D eigenvalue weighted by Crippen LogP contribution is 2.46. The van der Waals surface area contributed by atoms with Gasteiger partial charge in [-0.05, 0) is 56.6 Å². The van der Waals surface area contributed by atoms with E-state index in [1.807, 2.05) is 0 Å². The molecule has 2 aromatic carbocycles. The SMILES string of the molecule is COCCCN(C)C(=O)c1cc(CN2C(=O)C(C(=O)Nc3ccc(C(F)(F)F)cc3-c3cc(C(F)(F)F)ncn3)=C(O)C3(CCCC3)N2C)c(F)c(F)c1OCCN(C)CCOC. The number of nitrogens with zero attached hydrogens (tertiary/aromatic N) is 6. The molecule has 22 heteroatoms. The van der Waals surface area contributed by atoms with Crippen LogP contribution >= 0.6 is 0 Å². The summed E-state index contributed by atoms with van der Waals surface area (Å²) in [4.78, 5) is 52.3. The second kappa shape index (κ2) is 19.9. The lowest BCUT2D eigenvalue weighted by Gasteiger charge is -2.48. The molecule has 1 spiro atoms. The number of benzene rings is 2. The molecule has 2 N–H and O–H groups in total. The van der Waals surface area contributed by atoms with Gasteiger partial charge in [-0.2, -0.15) is 30.7 Å². The molecule has 0 radical (unpaired) electrons. The van der Waals surface area contributed by atoms with Gasteiger partial charge in [-0.25, -0.2) is 19.4 Å². The topological polar surface area (TPSA) is 150 Å². The lowest BCUT2D eigenvalue weighted by Crippen LogP contribution is -2.62. The fourth-order valence-electron chi connectivity index (χ4n) is 7.43. The number of amides is 3. The van der Waals surface area contributed by atoms with Gasteiger partial charge in [0, 0.05) is 65.7 Å². The van der Waals surface area contributed by atoms with E-state index >= 15 is 8.78 Å². The molecule has 0 unspecified atom stereocenters. The fourth-order valence-corrected chi connectivity index (χ4v) is 7.43. The van der Waals surface area contributed by atoms with E-state index in [0.29, 0.717) is 63.5 Å². The molecule has 3 aromatic rings. The molecule has 1 saturated carbocycles. The van der Waals surface area contributed by atoms with E-state index in [1.165, 1.54) is 38.2 Å². The van der Waals surface area contributed by atoms with Crippen molar-refractivity contribution in [3.05, 3.63) is 82.0 Å². The number of hydrogen-bond acceptors (Lipinski definition) is 11. The summed E-state index contributed by atoms with van der Waals surface area (Å²) in [6.45, 7) is 0.590. The first-order valence-corrected chi connectivity index (χ1v) is 19.6. The number of aromatic nitrogens is 2. The van der Waals surface area contributed by atoms with Crippen molar-refractivity contribution in [2.45, 2.75) is 56.5 Å². The molecule has 1 fully saturated rings. The van der Waals surface area contributed by atoms with Crippen molar-refractivity contribution in [3.63, 3.8) is 0 Å². The van der Waals surface area contributed by atoms with E-state index in [0.717, 1.165) is 17.1 Å². The smallest absolute Gasteiger partial charge is 0.433 e. The van der Waals surface area contributed by atoms with Crippen molar-refractivity contribution in [2.24, 2.45) is 0 Å². The highest BCUT2D eigenvalue weighted by atomic mass is 19.4. The second-order valence-corrected chi connectivity index (χ2v) is 15.1. The van der Waals surface area contributed by atoms with Crippen molar-refractivity contribution in [3.8, 4) is 17.0 Å². The van der Waals surface area contributed by atoms with Crippen molar-refractivity contribution >= 4 is 23.4 Å². The zero-order valence-electron chi connectivity index (χ0n) is 35.1. The Kier molecular flexibility index (Phi) is 15.4. The fraction of sp³-hybridized carbons (Fsp3) is 0.488. The van der Waals surface area contributed by atoms with Crippen molar-refractivity contribution in [1.82, 2.24) is 29.8 Å². The van der Waals surface area contributed by atoms with Crippen molar-refractivity contribution in [1.29, 1.82) is 0 Å². The number of hydrazine groups is 1. The zero-order chi connectivity index (χ0) is 46.4. The maximum atomic E-state index is 16.2. The summed E-state index contributed by atoms with van der Waals surface area (Å²) in [7, 11) is 7.56. The molecule has 1 aromatic heterocycles. The van der Waals surface area contributed by atoms with E-state index in [4.69, 9.17) is 14.2 Å². The van der Waals surface area contributed by atoms with Crippen LogP contribution in [-0.2, 0) is 38.0 Å². The number of ether oxygens (including phenoxy) is 3. The summed E-state index contributed by atoms with van der Waals surface area (Å²) in [5.41, 5.74) is -7.92. The molecule has 0 bridgehead atoms. The van der Waals surface area contributed by atoms with Crippen LogP contribution in [0.25, 0.3) is 11.3 Å². The third-order valence-corrected chi connectivity index (χ3v) is 11.0. The van der Waals surface area contributed by atoms with Crippen molar-refractivity contribution in [2.75, 3.05) is 80.1 Å². The quantitative estimate of drug-likeness (QED) is 0.0872. The van der Waals surface area contributed by atoms with Gasteiger partial charge in [0.2, 0.25) is 5.82 Å². The minimum absolute atomic E-state index is 0.153. The Morgan fingerprint density at radius 3 is 2.21 bits per heavy atom. The monoisotopic (exact) mass is 901 g/mol. The lowest BCUT2D eigenvalue weighted by atomic mass is 9.88. The molecule has 0 atom stereocenters. The summed E-state index contributed by atoms with van der Waals surface area (Å²) in [6, 6.07) is 3.14. The number of alkyl halides is 6.